The highest BCUT2D eigenvalue weighted by molar-refractivity contribution is 5.42. The maximum atomic E-state index is 12.3. The first-order valence-corrected chi connectivity index (χ1v) is 2.55. The van der Waals surface area contributed by atoms with Crippen molar-refractivity contribution in [1.29, 1.82) is 0 Å². The van der Waals surface area contributed by atoms with E-state index in [1.54, 1.807) is 0 Å². The Morgan fingerprint density at radius 2 is 1.90 bits per heavy atom. The van der Waals surface area contributed by atoms with Crippen molar-refractivity contribution in [3.8, 4) is 0 Å². The molecule has 0 fully saturated rings. The molecule has 0 aliphatic heterocycles. The van der Waals surface area contributed by atoms with Crippen LogP contribution in [0.5, 0.6) is 0 Å². The van der Waals surface area contributed by atoms with E-state index >= 15 is 0 Å². The fourth-order valence-electron chi connectivity index (χ4n) is 0.566. The van der Waals surface area contributed by atoms with Gasteiger partial charge in [-0.2, -0.15) is 0 Å². The van der Waals surface area contributed by atoms with Gasteiger partial charge in [-0.3, -0.25) is 0 Å². The van der Waals surface area contributed by atoms with Crippen LogP contribution < -0.4 is 5.54 Å². The van der Waals surface area contributed by atoms with Crippen LogP contribution in [0.15, 0.2) is 18.2 Å². The van der Waals surface area contributed by atoms with E-state index in [4.69, 9.17) is 0 Å². The maximum Gasteiger partial charge on any atom is 0.151 e. The van der Waals surface area contributed by atoms with Gasteiger partial charge in [0.1, 0.15) is 11.5 Å². The zero-order valence-corrected chi connectivity index (χ0v) is 4.87. The molecule has 0 bridgehead atoms. The molecular formula is C6H4F3N. The molecule has 1 aromatic carbocycles. The van der Waals surface area contributed by atoms with Crippen molar-refractivity contribution in [2.75, 3.05) is 5.54 Å². The van der Waals surface area contributed by atoms with Crippen LogP contribution in [0.1, 0.15) is 0 Å². The van der Waals surface area contributed by atoms with Crippen LogP contribution in [-0.2, 0) is 0 Å². The van der Waals surface area contributed by atoms with Gasteiger partial charge in [0, 0.05) is 6.07 Å². The summed E-state index contributed by atoms with van der Waals surface area (Å²) >= 11 is 0. The molecule has 0 unspecified atom stereocenters. The SMILES string of the molecule is FNc1ccc(F)cc1F. The van der Waals surface area contributed by atoms with Gasteiger partial charge in [0.25, 0.3) is 0 Å². The Hall–Kier alpha value is -1.19. The van der Waals surface area contributed by atoms with Crippen molar-refractivity contribution in [3.63, 3.8) is 0 Å². The summed E-state index contributed by atoms with van der Waals surface area (Å²) in [5, 5.41) is 0. The van der Waals surface area contributed by atoms with Crippen LogP contribution in [-0.4, -0.2) is 0 Å². The Morgan fingerprint density at radius 1 is 1.20 bits per heavy atom. The van der Waals surface area contributed by atoms with Gasteiger partial charge in [0.05, 0.1) is 0 Å². The van der Waals surface area contributed by atoms with Crippen LogP contribution in [0.25, 0.3) is 0 Å². The minimum Gasteiger partial charge on any atom is -0.222 e. The van der Waals surface area contributed by atoms with Crippen molar-refractivity contribution in [2.45, 2.75) is 0 Å². The fourth-order valence-corrected chi connectivity index (χ4v) is 0.566. The van der Waals surface area contributed by atoms with E-state index in [9.17, 15) is 13.3 Å². The van der Waals surface area contributed by atoms with E-state index in [2.05, 4.69) is 0 Å². The van der Waals surface area contributed by atoms with Gasteiger partial charge in [-0.1, -0.05) is 0 Å². The van der Waals surface area contributed by atoms with Crippen molar-refractivity contribution >= 4 is 5.69 Å². The second-order valence-corrected chi connectivity index (χ2v) is 1.72. The minimum atomic E-state index is -0.942. The van der Waals surface area contributed by atoms with E-state index in [0.29, 0.717) is 6.07 Å². The van der Waals surface area contributed by atoms with Crippen LogP contribution in [0.2, 0.25) is 0 Å². The van der Waals surface area contributed by atoms with Gasteiger partial charge in [-0.05, 0) is 12.1 Å². The first-order chi connectivity index (χ1) is 4.74. The van der Waals surface area contributed by atoms with Crippen LogP contribution in [0, 0.1) is 11.6 Å². The smallest absolute Gasteiger partial charge is 0.151 e. The quantitative estimate of drug-likeness (QED) is 0.601. The van der Waals surface area contributed by atoms with E-state index < -0.39 is 11.6 Å². The fraction of sp³-hybridized carbons (Fsp3) is 0. The molecule has 0 heterocycles. The Bertz CT molecular complexity index is 236. The van der Waals surface area contributed by atoms with E-state index in [1.165, 1.54) is 0 Å². The molecule has 1 nitrogen and oxygen atoms in total. The van der Waals surface area contributed by atoms with Crippen molar-refractivity contribution < 1.29 is 13.3 Å². The number of hydrogen-bond acceptors (Lipinski definition) is 1. The highest BCUT2D eigenvalue weighted by Gasteiger charge is 2.00. The molecular weight excluding hydrogens is 143 g/mol. The Morgan fingerprint density at radius 3 is 2.40 bits per heavy atom. The van der Waals surface area contributed by atoms with E-state index in [0.717, 1.165) is 17.7 Å². The molecule has 0 aliphatic carbocycles. The van der Waals surface area contributed by atoms with Crippen LogP contribution >= 0.6 is 0 Å². The Kier molecular flexibility index (Phi) is 1.80. The van der Waals surface area contributed by atoms with Gasteiger partial charge < -0.3 is 0 Å². The van der Waals surface area contributed by atoms with Crippen molar-refractivity contribution in [2.24, 2.45) is 0 Å². The molecule has 54 valence electrons. The van der Waals surface area contributed by atoms with Gasteiger partial charge >= 0.3 is 0 Å². The van der Waals surface area contributed by atoms with Crippen LogP contribution in [0.4, 0.5) is 18.9 Å². The lowest BCUT2D eigenvalue weighted by atomic mass is 10.3. The molecule has 10 heavy (non-hydrogen) atoms. The highest BCUT2D eigenvalue weighted by Crippen LogP contribution is 2.14. The highest BCUT2D eigenvalue weighted by atomic mass is 19.2. The zero-order valence-electron chi connectivity index (χ0n) is 4.87. The summed E-state index contributed by atoms with van der Waals surface area (Å²) in [4.78, 5) is 0. The summed E-state index contributed by atoms with van der Waals surface area (Å²) < 4.78 is 35.9. The molecule has 1 N–H and O–H groups in total. The second kappa shape index (κ2) is 2.60. The number of anilines is 1. The summed E-state index contributed by atoms with van der Waals surface area (Å²) in [7, 11) is 0. The molecule has 0 aliphatic rings. The Labute approximate surface area is 55.4 Å². The standard InChI is InChI=1S/C6H4F3N/c7-4-1-2-6(10-9)5(8)3-4/h1-3,10H. The molecule has 0 spiro atoms. The predicted molar refractivity (Wildman–Crippen MR) is 31.1 cm³/mol. The third-order valence-corrected chi connectivity index (χ3v) is 1.03. The lowest BCUT2D eigenvalue weighted by Crippen LogP contribution is -1.87. The Balaban J connectivity index is 3.07. The summed E-state index contributed by atoms with van der Waals surface area (Å²) in [6.07, 6.45) is 0. The van der Waals surface area contributed by atoms with Crippen LogP contribution in [0.3, 0.4) is 0 Å². The molecule has 0 aromatic heterocycles. The van der Waals surface area contributed by atoms with E-state index in [1.807, 2.05) is 0 Å². The minimum absolute atomic E-state index is 0.360. The molecule has 0 radical (unpaired) electrons. The molecule has 1 aromatic rings. The normalized spacial score (nSPS) is 9.50. The lowest BCUT2D eigenvalue weighted by molar-refractivity contribution is 0.562. The van der Waals surface area contributed by atoms with Crippen molar-refractivity contribution in [1.82, 2.24) is 0 Å². The molecule has 0 saturated heterocycles. The van der Waals surface area contributed by atoms with Gasteiger partial charge in [0.15, 0.2) is 5.82 Å². The first kappa shape index (κ1) is 6.92. The van der Waals surface area contributed by atoms with E-state index in [-0.39, 0.29) is 5.69 Å². The summed E-state index contributed by atoms with van der Waals surface area (Å²) in [6.45, 7) is 0. The number of halogens is 3. The number of nitrogens with one attached hydrogen (secondary N) is 1. The lowest BCUT2D eigenvalue weighted by Gasteiger charge is -1.96. The molecule has 0 saturated carbocycles. The topological polar surface area (TPSA) is 12.0 Å². The zero-order chi connectivity index (χ0) is 7.56. The summed E-state index contributed by atoms with van der Waals surface area (Å²) in [5.41, 5.74) is 0.721. The number of hydrogen-bond donors (Lipinski definition) is 1. The summed E-state index contributed by atoms with van der Waals surface area (Å²) in [5.74, 6) is -1.67. The van der Waals surface area contributed by atoms with Crippen molar-refractivity contribution in [3.05, 3.63) is 29.8 Å². The summed E-state index contributed by atoms with van der Waals surface area (Å²) in [6, 6.07) is 2.54. The number of rotatable bonds is 1. The number of benzene rings is 1. The average molecular weight is 147 g/mol. The molecule has 1 rings (SSSR count). The maximum absolute atomic E-state index is 12.3. The van der Waals surface area contributed by atoms with Gasteiger partial charge in [0.2, 0.25) is 0 Å². The molecule has 0 atom stereocenters. The predicted octanol–water partition coefficient (Wildman–Crippen LogP) is 2.26. The first-order valence-electron chi connectivity index (χ1n) is 2.55. The second-order valence-electron chi connectivity index (χ2n) is 1.72. The monoisotopic (exact) mass is 147 g/mol. The van der Waals surface area contributed by atoms with Gasteiger partial charge in [-0.25, -0.2) is 14.3 Å². The third kappa shape index (κ3) is 1.21. The largest absolute Gasteiger partial charge is 0.222 e. The molecule has 4 heteroatoms. The average Bonchev–Trinajstić information content (AvgIpc) is 1.88. The molecule has 0 amide bonds. The van der Waals surface area contributed by atoms with Gasteiger partial charge in [-0.15, -0.1) is 4.48 Å². The third-order valence-electron chi connectivity index (χ3n) is 1.03.